The molecule has 146 valence electrons. The summed E-state index contributed by atoms with van der Waals surface area (Å²) in [5.74, 6) is 1.03. The minimum atomic E-state index is -0.000511. The Morgan fingerprint density at radius 1 is 1.14 bits per heavy atom. The van der Waals surface area contributed by atoms with Gasteiger partial charge in [-0.15, -0.1) is 10.2 Å². The van der Waals surface area contributed by atoms with Gasteiger partial charge in [0, 0.05) is 24.0 Å². The third-order valence-electron chi connectivity index (χ3n) is 4.67. The van der Waals surface area contributed by atoms with Gasteiger partial charge in [0.25, 0.3) is 0 Å². The number of nitrogens with zero attached hydrogens (tertiary/aromatic N) is 4. The Bertz CT molecular complexity index is 955. The van der Waals surface area contributed by atoms with Gasteiger partial charge >= 0.3 is 0 Å². The summed E-state index contributed by atoms with van der Waals surface area (Å²) in [6.45, 7) is 8.22. The number of rotatable bonds is 7. The smallest absolute Gasteiger partial charge is 0.230 e. The predicted molar refractivity (Wildman–Crippen MR) is 113 cm³/mol. The number of carbonyl (C=O) groups is 1. The van der Waals surface area contributed by atoms with Gasteiger partial charge in [0.05, 0.1) is 11.4 Å². The fourth-order valence-electron chi connectivity index (χ4n) is 2.70. The van der Waals surface area contributed by atoms with Crippen LogP contribution in [0.1, 0.15) is 31.4 Å². The summed E-state index contributed by atoms with van der Waals surface area (Å²) in [5.41, 5.74) is 4.32. The maximum Gasteiger partial charge on any atom is 0.230 e. The number of pyridine rings is 1. The van der Waals surface area contributed by atoms with Crippen molar-refractivity contribution >= 4 is 17.7 Å². The fourth-order valence-corrected chi connectivity index (χ4v) is 3.46. The highest BCUT2D eigenvalue weighted by molar-refractivity contribution is 7.99. The molecule has 0 saturated carbocycles. The van der Waals surface area contributed by atoms with E-state index in [1.807, 2.05) is 23.6 Å². The summed E-state index contributed by atoms with van der Waals surface area (Å²) in [7, 11) is 0. The molecule has 1 amide bonds. The Morgan fingerprint density at radius 3 is 2.57 bits per heavy atom. The summed E-state index contributed by atoms with van der Waals surface area (Å²) in [6, 6.07) is 10.2. The predicted octanol–water partition coefficient (Wildman–Crippen LogP) is 3.95. The molecule has 0 spiro atoms. The summed E-state index contributed by atoms with van der Waals surface area (Å²) in [5, 5.41) is 12.4. The van der Waals surface area contributed by atoms with Gasteiger partial charge < -0.3 is 5.32 Å². The van der Waals surface area contributed by atoms with Crippen molar-refractivity contribution in [3.05, 3.63) is 53.9 Å². The molecule has 3 aromatic rings. The van der Waals surface area contributed by atoms with Crippen LogP contribution in [0.15, 0.2) is 47.9 Å². The first-order chi connectivity index (χ1) is 13.5. The molecule has 28 heavy (non-hydrogen) atoms. The first-order valence-electron chi connectivity index (χ1n) is 9.35. The minimum Gasteiger partial charge on any atom is -0.353 e. The lowest BCUT2D eigenvalue weighted by molar-refractivity contribution is -0.119. The van der Waals surface area contributed by atoms with Crippen molar-refractivity contribution in [1.29, 1.82) is 0 Å². The van der Waals surface area contributed by atoms with E-state index in [1.165, 1.54) is 22.9 Å². The van der Waals surface area contributed by atoms with Crippen LogP contribution in [0.4, 0.5) is 0 Å². The quantitative estimate of drug-likeness (QED) is 0.613. The van der Waals surface area contributed by atoms with Crippen molar-refractivity contribution in [2.24, 2.45) is 0 Å². The molecule has 6 nitrogen and oxygen atoms in total. The summed E-state index contributed by atoms with van der Waals surface area (Å²) in [4.78, 5) is 16.3. The van der Waals surface area contributed by atoms with Crippen LogP contribution >= 0.6 is 11.8 Å². The van der Waals surface area contributed by atoms with E-state index in [2.05, 4.69) is 59.5 Å². The molecular weight excluding hydrogens is 370 g/mol. The van der Waals surface area contributed by atoms with Crippen molar-refractivity contribution in [2.75, 3.05) is 5.75 Å². The van der Waals surface area contributed by atoms with Crippen LogP contribution in [0.25, 0.3) is 17.1 Å². The lowest BCUT2D eigenvalue weighted by atomic mass is 10.1. The molecule has 0 bridgehead atoms. The third-order valence-corrected chi connectivity index (χ3v) is 5.60. The molecule has 0 fully saturated rings. The maximum absolute atomic E-state index is 12.2. The van der Waals surface area contributed by atoms with Crippen molar-refractivity contribution in [3.8, 4) is 17.1 Å². The number of aryl methyl sites for hydroxylation is 2. The third kappa shape index (κ3) is 4.59. The molecular formula is C21H25N5OS. The maximum atomic E-state index is 12.2. The number of carbonyl (C=O) groups excluding carboxylic acids is 1. The zero-order valence-corrected chi connectivity index (χ0v) is 17.5. The van der Waals surface area contributed by atoms with E-state index in [0.717, 1.165) is 23.5 Å². The van der Waals surface area contributed by atoms with E-state index in [1.54, 1.807) is 12.4 Å². The zero-order valence-electron chi connectivity index (χ0n) is 16.6. The average Bonchev–Trinajstić information content (AvgIpc) is 3.13. The average molecular weight is 396 g/mol. The van der Waals surface area contributed by atoms with Gasteiger partial charge in [-0.1, -0.05) is 24.8 Å². The zero-order chi connectivity index (χ0) is 20.1. The molecule has 2 heterocycles. The number of aromatic nitrogens is 4. The van der Waals surface area contributed by atoms with Gasteiger partial charge in [0.15, 0.2) is 11.0 Å². The lowest BCUT2D eigenvalue weighted by Crippen LogP contribution is -2.33. The lowest BCUT2D eigenvalue weighted by Gasteiger charge is -2.13. The molecule has 0 aliphatic rings. The summed E-state index contributed by atoms with van der Waals surface area (Å²) in [6.07, 6.45) is 4.38. The van der Waals surface area contributed by atoms with Crippen LogP contribution in [0.5, 0.6) is 0 Å². The number of thioether (sulfide) groups is 1. The number of benzene rings is 1. The highest BCUT2D eigenvalue weighted by atomic mass is 32.2. The first kappa shape index (κ1) is 20.1. The molecule has 3 rings (SSSR count). The molecule has 1 aromatic carbocycles. The first-order valence-corrected chi connectivity index (χ1v) is 10.3. The van der Waals surface area contributed by atoms with Crippen molar-refractivity contribution in [3.63, 3.8) is 0 Å². The Balaban J connectivity index is 1.95. The van der Waals surface area contributed by atoms with Crippen LogP contribution in [0.2, 0.25) is 0 Å². The van der Waals surface area contributed by atoms with Crippen LogP contribution in [-0.4, -0.2) is 37.5 Å². The SMILES string of the molecule is CC[C@H](C)NC(=O)CSc1nnc(-c2ccncc2)n1-c1ccc(C)c(C)c1. The highest BCUT2D eigenvalue weighted by Gasteiger charge is 2.18. The van der Waals surface area contributed by atoms with E-state index in [0.29, 0.717) is 10.9 Å². The molecule has 2 aromatic heterocycles. The van der Waals surface area contributed by atoms with Gasteiger partial charge in [0.1, 0.15) is 0 Å². The van der Waals surface area contributed by atoms with Crippen molar-refractivity contribution in [1.82, 2.24) is 25.1 Å². The normalized spacial score (nSPS) is 12.0. The molecule has 1 N–H and O–H groups in total. The largest absolute Gasteiger partial charge is 0.353 e. The number of nitrogens with one attached hydrogen (secondary N) is 1. The second-order valence-electron chi connectivity index (χ2n) is 6.81. The van der Waals surface area contributed by atoms with Crippen LogP contribution < -0.4 is 5.32 Å². The second kappa shape index (κ2) is 9.01. The van der Waals surface area contributed by atoms with E-state index >= 15 is 0 Å². The minimum absolute atomic E-state index is 0.000511. The molecule has 0 aliphatic carbocycles. The Labute approximate surface area is 169 Å². The van der Waals surface area contributed by atoms with E-state index in [9.17, 15) is 4.79 Å². The summed E-state index contributed by atoms with van der Waals surface area (Å²) >= 11 is 1.39. The monoisotopic (exact) mass is 395 g/mol. The molecule has 0 saturated heterocycles. The number of hydrogen-bond donors (Lipinski definition) is 1. The topological polar surface area (TPSA) is 72.7 Å². The van der Waals surface area contributed by atoms with Gasteiger partial charge in [-0.3, -0.25) is 14.3 Å². The fraction of sp³-hybridized carbons (Fsp3) is 0.333. The molecule has 7 heteroatoms. The van der Waals surface area contributed by atoms with Gasteiger partial charge in [-0.25, -0.2) is 0 Å². The second-order valence-corrected chi connectivity index (χ2v) is 7.75. The van der Waals surface area contributed by atoms with Gasteiger partial charge in [-0.2, -0.15) is 0 Å². The Kier molecular flexibility index (Phi) is 6.46. The number of hydrogen-bond acceptors (Lipinski definition) is 5. The van der Waals surface area contributed by atoms with Gasteiger partial charge in [-0.05, 0) is 62.6 Å². The van der Waals surface area contributed by atoms with Gasteiger partial charge in [0.2, 0.25) is 5.91 Å². The van der Waals surface area contributed by atoms with Crippen LogP contribution in [0, 0.1) is 13.8 Å². The van der Waals surface area contributed by atoms with Crippen LogP contribution in [0.3, 0.4) is 0 Å². The Morgan fingerprint density at radius 2 is 1.89 bits per heavy atom. The molecule has 0 unspecified atom stereocenters. The highest BCUT2D eigenvalue weighted by Crippen LogP contribution is 2.28. The Hall–Kier alpha value is -2.67. The van der Waals surface area contributed by atoms with E-state index < -0.39 is 0 Å². The molecule has 0 radical (unpaired) electrons. The molecule has 0 aliphatic heterocycles. The standard InChI is InChI=1S/C21H25N5OS/c1-5-16(4)23-19(27)13-28-21-25-24-20(17-8-10-22-11-9-17)26(21)18-7-6-14(2)15(3)12-18/h6-12,16H,5,13H2,1-4H3,(H,23,27)/t16-/m0/s1. The molecule has 1 atom stereocenters. The van der Waals surface area contributed by atoms with Crippen LogP contribution in [-0.2, 0) is 4.79 Å². The van der Waals surface area contributed by atoms with Crippen molar-refractivity contribution < 1.29 is 4.79 Å². The van der Waals surface area contributed by atoms with E-state index in [-0.39, 0.29) is 11.9 Å². The van der Waals surface area contributed by atoms with E-state index in [4.69, 9.17) is 0 Å². The number of amides is 1. The van der Waals surface area contributed by atoms with Crippen molar-refractivity contribution in [2.45, 2.75) is 45.3 Å². The summed E-state index contributed by atoms with van der Waals surface area (Å²) < 4.78 is 2.00.